The number of fused-ring (bicyclic) bond motifs is 1. The minimum absolute atomic E-state index is 0.384. The van der Waals surface area contributed by atoms with Crippen LogP contribution in [0.1, 0.15) is 0 Å². The molecule has 0 amide bonds. The molecule has 7 nitrogen and oxygen atoms in total. The Bertz CT molecular complexity index is 826. The van der Waals surface area contributed by atoms with E-state index >= 15 is 0 Å². The monoisotopic (exact) mass is 285 g/mol. The van der Waals surface area contributed by atoms with Crippen molar-refractivity contribution in [1.29, 1.82) is 0 Å². The summed E-state index contributed by atoms with van der Waals surface area (Å²) in [5.41, 5.74) is 11.3. The van der Waals surface area contributed by atoms with Crippen LogP contribution in [0.2, 0.25) is 0 Å². The zero-order valence-corrected chi connectivity index (χ0v) is 11.7. The molecule has 1 aromatic carbocycles. The third-order valence-electron chi connectivity index (χ3n) is 3.06. The highest BCUT2D eigenvalue weighted by atomic mass is 32.2. The van der Waals surface area contributed by atoms with Gasteiger partial charge in [0.1, 0.15) is 16.7 Å². The first-order valence-electron chi connectivity index (χ1n) is 5.85. The molecule has 3 rings (SSSR count). The van der Waals surface area contributed by atoms with Crippen molar-refractivity contribution in [3.63, 3.8) is 0 Å². The fourth-order valence-corrected chi connectivity index (χ4v) is 2.68. The minimum atomic E-state index is 0.384. The van der Waals surface area contributed by atoms with E-state index in [-0.39, 0.29) is 0 Å². The summed E-state index contributed by atoms with van der Waals surface area (Å²) in [6, 6.07) is 7.86. The summed E-state index contributed by atoms with van der Waals surface area (Å²) in [6.07, 6.45) is 1.92. The van der Waals surface area contributed by atoms with Gasteiger partial charge in [-0.25, -0.2) is 4.98 Å². The Morgan fingerprint density at radius 2 is 2.20 bits per heavy atom. The zero-order valence-electron chi connectivity index (χ0n) is 10.9. The van der Waals surface area contributed by atoms with Gasteiger partial charge in [-0.15, -0.1) is 11.8 Å². The van der Waals surface area contributed by atoms with Gasteiger partial charge < -0.3 is 4.57 Å². The lowest BCUT2D eigenvalue weighted by Crippen LogP contribution is -1.92. The van der Waals surface area contributed by atoms with Gasteiger partial charge in [0.2, 0.25) is 0 Å². The number of thioether (sulfide) groups is 1. The van der Waals surface area contributed by atoms with Gasteiger partial charge in [0.15, 0.2) is 0 Å². The quantitative estimate of drug-likeness (QED) is 0.344. The Morgan fingerprint density at radius 3 is 2.90 bits per heavy atom. The number of aryl methyl sites for hydroxylation is 1. The number of H-pyrrole nitrogens is 1. The molecule has 0 fully saturated rings. The summed E-state index contributed by atoms with van der Waals surface area (Å²) in [6.45, 7) is 0. The molecule has 1 N–H and O–H groups in total. The van der Waals surface area contributed by atoms with Gasteiger partial charge in [0, 0.05) is 12.0 Å². The van der Waals surface area contributed by atoms with Crippen molar-refractivity contribution in [3.8, 4) is 11.4 Å². The molecule has 0 aliphatic rings. The molecule has 2 aromatic heterocycles. The maximum atomic E-state index is 8.66. The molecule has 0 bridgehead atoms. The van der Waals surface area contributed by atoms with E-state index in [4.69, 9.17) is 5.53 Å². The summed E-state index contributed by atoms with van der Waals surface area (Å²) in [5.74, 6) is 1.11. The number of nitrogens with zero attached hydrogens (tertiary/aromatic N) is 6. The molecule has 0 aliphatic carbocycles. The first-order valence-corrected chi connectivity index (χ1v) is 7.08. The largest absolute Gasteiger partial charge is 0.327 e. The number of hydrogen-bond donors (Lipinski definition) is 1. The van der Waals surface area contributed by atoms with E-state index in [1.807, 2.05) is 42.1 Å². The summed E-state index contributed by atoms with van der Waals surface area (Å²) in [5, 5.41) is 11.3. The van der Waals surface area contributed by atoms with Crippen molar-refractivity contribution < 1.29 is 0 Å². The number of imidazole rings is 1. The number of aromatic nitrogens is 4. The SMILES string of the molecule is CSc1n[nH]c(N=[N+]=[N-])c1-c1nc2ccccc2n1C. The predicted molar refractivity (Wildman–Crippen MR) is 78.9 cm³/mol. The van der Waals surface area contributed by atoms with Crippen LogP contribution < -0.4 is 0 Å². The van der Waals surface area contributed by atoms with Crippen LogP contribution in [0.25, 0.3) is 32.9 Å². The first-order chi connectivity index (χ1) is 9.76. The Morgan fingerprint density at radius 1 is 1.40 bits per heavy atom. The van der Waals surface area contributed by atoms with Crippen molar-refractivity contribution in [1.82, 2.24) is 19.7 Å². The Balaban J connectivity index is 2.32. The van der Waals surface area contributed by atoms with E-state index in [2.05, 4.69) is 25.2 Å². The molecule has 0 saturated heterocycles. The van der Waals surface area contributed by atoms with Crippen LogP contribution in [-0.4, -0.2) is 26.0 Å². The zero-order chi connectivity index (χ0) is 14.1. The molecule has 100 valence electrons. The van der Waals surface area contributed by atoms with Gasteiger partial charge in [-0.1, -0.05) is 12.1 Å². The highest BCUT2D eigenvalue weighted by molar-refractivity contribution is 7.98. The highest BCUT2D eigenvalue weighted by Gasteiger charge is 2.19. The van der Waals surface area contributed by atoms with E-state index in [0.717, 1.165) is 27.4 Å². The van der Waals surface area contributed by atoms with Crippen LogP contribution in [0.3, 0.4) is 0 Å². The van der Waals surface area contributed by atoms with Crippen molar-refractivity contribution in [2.45, 2.75) is 5.03 Å². The second-order valence-corrected chi connectivity index (χ2v) is 4.92. The number of rotatable bonds is 3. The molecule has 0 radical (unpaired) electrons. The van der Waals surface area contributed by atoms with E-state index in [1.54, 1.807) is 0 Å². The molecule has 8 heteroatoms. The fourth-order valence-electron chi connectivity index (χ4n) is 2.15. The number of para-hydroxylation sites is 2. The van der Waals surface area contributed by atoms with Gasteiger partial charge >= 0.3 is 0 Å². The van der Waals surface area contributed by atoms with E-state index in [1.165, 1.54) is 11.8 Å². The van der Waals surface area contributed by atoms with Gasteiger partial charge in [0.05, 0.1) is 16.6 Å². The first kappa shape index (κ1) is 12.6. The van der Waals surface area contributed by atoms with Gasteiger partial charge in [-0.3, -0.25) is 5.10 Å². The van der Waals surface area contributed by atoms with Crippen LogP contribution in [0.4, 0.5) is 5.82 Å². The molecule has 3 aromatic rings. The molecule has 0 atom stereocenters. The molecule has 0 saturated carbocycles. The van der Waals surface area contributed by atoms with Crippen LogP contribution in [0, 0.1) is 0 Å². The maximum Gasteiger partial charge on any atom is 0.145 e. The lowest BCUT2D eigenvalue weighted by molar-refractivity contribution is 0.950. The van der Waals surface area contributed by atoms with E-state index < -0.39 is 0 Å². The number of hydrogen-bond acceptors (Lipinski definition) is 4. The lowest BCUT2D eigenvalue weighted by Gasteiger charge is -2.02. The van der Waals surface area contributed by atoms with Gasteiger partial charge in [0.25, 0.3) is 0 Å². The Hall–Kier alpha value is -2.44. The average Bonchev–Trinajstić information content (AvgIpc) is 3.01. The number of aromatic amines is 1. The third-order valence-corrected chi connectivity index (χ3v) is 3.74. The Labute approximate surface area is 118 Å². The molecule has 0 spiro atoms. The molecule has 20 heavy (non-hydrogen) atoms. The molecular weight excluding hydrogens is 274 g/mol. The second-order valence-electron chi connectivity index (χ2n) is 4.13. The van der Waals surface area contributed by atoms with E-state index in [0.29, 0.717) is 5.82 Å². The average molecular weight is 285 g/mol. The fraction of sp³-hybridized carbons (Fsp3) is 0.167. The van der Waals surface area contributed by atoms with Crippen molar-refractivity contribution >= 4 is 28.6 Å². The second kappa shape index (κ2) is 4.92. The summed E-state index contributed by atoms with van der Waals surface area (Å²) < 4.78 is 1.97. The van der Waals surface area contributed by atoms with Crippen molar-refractivity contribution in [2.24, 2.45) is 12.2 Å². The number of benzene rings is 1. The summed E-state index contributed by atoms with van der Waals surface area (Å²) >= 11 is 1.48. The third kappa shape index (κ3) is 1.82. The topological polar surface area (TPSA) is 95.3 Å². The minimum Gasteiger partial charge on any atom is -0.327 e. The van der Waals surface area contributed by atoms with Gasteiger partial charge in [-0.05, 0) is 29.0 Å². The van der Waals surface area contributed by atoms with Crippen LogP contribution in [-0.2, 0) is 7.05 Å². The standard InChI is InChI=1S/C12H11N7S/c1-19-8-6-4-3-5-7(8)14-11(19)9-10(16-18-13)15-17-12(9)20-2/h3-6H,1-2H3,(H,15,17). The van der Waals surface area contributed by atoms with Crippen LogP contribution in [0.15, 0.2) is 34.4 Å². The lowest BCUT2D eigenvalue weighted by atomic mass is 10.3. The Kier molecular flexibility index (Phi) is 3.09. The number of nitrogens with one attached hydrogen (secondary N) is 1. The molecule has 0 unspecified atom stereocenters. The van der Waals surface area contributed by atoms with Gasteiger partial charge in [-0.2, -0.15) is 5.10 Å². The summed E-state index contributed by atoms with van der Waals surface area (Å²) in [4.78, 5) is 7.44. The normalized spacial score (nSPS) is 10.7. The smallest absolute Gasteiger partial charge is 0.145 e. The molecule has 0 aliphatic heterocycles. The predicted octanol–water partition coefficient (Wildman–Crippen LogP) is 3.63. The highest BCUT2D eigenvalue weighted by Crippen LogP contribution is 2.36. The van der Waals surface area contributed by atoms with Crippen LogP contribution in [0.5, 0.6) is 0 Å². The number of azide groups is 1. The van der Waals surface area contributed by atoms with Crippen LogP contribution >= 0.6 is 11.8 Å². The molecule has 2 heterocycles. The van der Waals surface area contributed by atoms with E-state index in [9.17, 15) is 0 Å². The van der Waals surface area contributed by atoms with Crippen molar-refractivity contribution in [3.05, 3.63) is 34.7 Å². The molecular formula is C12H11N7S. The van der Waals surface area contributed by atoms with Crippen molar-refractivity contribution in [2.75, 3.05) is 6.26 Å². The summed E-state index contributed by atoms with van der Waals surface area (Å²) in [7, 11) is 1.93. The maximum absolute atomic E-state index is 8.66.